The van der Waals surface area contributed by atoms with Gasteiger partial charge in [-0.1, -0.05) is 0 Å². The Morgan fingerprint density at radius 2 is 2.21 bits per heavy atom. The Morgan fingerprint density at radius 1 is 1.36 bits per heavy atom. The Morgan fingerprint density at radius 3 is 2.93 bits per heavy atom. The van der Waals surface area contributed by atoms with E-state index in [-0.39, 0.29) is 0 Å². The first kappa shape index (κ1) is 12.0. The minimum Gasteiger partial charge on any atom is -0.396 e. The van der Waals surface area contributed by atoms with Crippen molar-refractivity contribution in [3.63, 3.8) is 0 Å². The Balaban J connectivity index is 1.98. The van der Waals surface area contributed by atoms with Gasteiger partial charge in [-0.05, 0) is 44.7 Å². The zero-order valence-corrected chi connectivity index (χ0v) is 9.24. The Hall–Kier alpha value is -0.120. The van der Waals surface area contributed by atoms with Crippen LogP contribution in [0.4, 0.5) is 0 Å². The zero-order valence-electron chi connectivity index (χ0n) is 9.24. The van der Waals surface area contributed by atoms with Crippen molar-refractivity contribution >= 4 is 0 Å². The lowest BCUT2D eigenvalue weighted by atomic mass is 10.1. The molecule has 84 valence electrons. The maximum absolute atomic E-state index is 8.64. The number of methoxy groups -OCH3 is 1. The second kappa shape index (κ2) is 7.21. The molecule has 1 heterocycles. The van der Waals surface area contributed by atoms with Crippen LogP contribution in [-0.2, 0) is 4.74 Å². The summed E-state index contributed by atoms with van der Waals surface area (Å²) in [6.07, 6.45) is 4.62. The average Bonchev–Trinajstić information content (AvgIpc) is 2.61. The second-order valence-corrected chi connectivity index (χ2v) is 4.19. The summed E-state index contributed by atoms with van der Waals surface area (Å²) in [5.74, 6) is 0.748. The van der Waals surface area contributed by atoms with Gasteiger partial charge >= 0.3 is 0 Å². The van der Waals surface area contributed by atoms with Crippen LogP contribution in [0.1, 0.15) is 25.7 Å². The molecular formula is C11H23NO2. The summed E-state index contributed by atoms with van der Waals surface area (Å²) in [5, 5.41) is 8.64. The minimum atomic E-state index is 0.340. The molecule has 0 aliphatic carbocycles. The molecule has 0 amide bonds. The average molecular weight is 201 g/mol. The second-order valence-electron chi connectivity index (χ2n) is 4.19. The van der Waals surface area contributed by atoms with E-state index in [1.807, 2.05) is 0 Å². The number of unbranched alkanes of at least 4 members (excludes halogenated alkanes) is 2. The minimum absolute atomic E-state index is 0.340. The Bertz CT molecular complexity index is 141. The van der Waals surface area contributed by atoms with Crippen molar-refractivity contribution in [2.24, 2.45) is 5.92 Å². The molecule has 1 N–H and O–H groups in total. The van der Waals surface area contributed by atoms with Crippen LogP contribution in [0, 0.1) is 5.92 Å². The van der Waals surface area contributed by atoms with Crippen LogP contribution in [0.5, 0.6) is 0 Å². The number of likely N-dealkylation sites (tertiary alicyclic amines) is 1. The van der Waals surface area contributed by atoms with Crippen LogP contribution in [0.25, 0.3) is 0 Å². The first-order valence-corrected chi connectivity index (χ1v) is 5.69. The standard InChI is InChI=1S/C11H23NO2/c1-14-10-11-5-7-12(9-11)6-3-2-4-8-13/h11,13H,2-10H2,1H3. The van der Waals surface area contributed by atoms with Gasteiger partial charge < -0.3 is 14.7 Å². The monoisotopic (exact) mass is 201 g/mol. The molecule has 1 saturated heterocycles. The van der Waals surface area contributed by atoms with Gasteiger partial charge in [0.05, 0.1) is 6.61 Å². The number of nitrogens with zero attached hydrogens (tertiary/aromatic N) is 1. The third kappa shape index (κ3) is 4.40. The van der Waals surface area contributed by atoms with Gasteiger partial charge in [0.25, 0.3) is 0 Å². The van der Waals surface area contributed by atoms with E-state index in [0.717, 1.165) is 25.4 Å². The molecular weight excluding hydrogens is 178 g/mol. The number of hydrogen-bond acceptors (Lipinski definition) is 3. The largest absolute Gasteiger partial charge is 0.396 e. The van der Waals surface area contributed by atoms with Gasteiger partial charge in [-0.15, -0.1) is 0 Å². The van der Waals surface area contributed by atoms with Crippen LogP contribution in [0.2, 0.25) is 0 Å². The van der Waals surface area contributed by atoms with E-state index in [1.54, 1.807) is 7.11 Å². The fourth-order valence-corrected chi connectivity index (χ4v) is 2.11. The summed E-state index contributed by atoms with van der Waals surface area (Å²) in [6.45, 7) is 4.87. The highest BCUT2D eigenvalue weighted by atomic mass is 16.5. The van der Waals surface area contributed by atoms with Gasteiger partial charge in [0, 0.05) is 20.3 Å². The smallest absolute Gasteiger partial charge is 0.0503 e. The van der Waals surface area contributed by atoms with Gasteiger partial charge in [-0.2, -0.15) is 0 Å². The first-order valence-electron chi connectivity index (χ1n) is 5.69. The molecule has 1 fully saturated rings. The van der Waals surface area contributed by atoms with Crippen LogP contribution in [-0.4, -0.2) is 50.0 Å². The molecule has 0 spiro atoms. The van der Waals surface area contributed by atoms with Crippen molar-refractivity contribution in [2.45, 2.75) is 25.7 Å². The fraction of sp³-hybridized carbons (Fsp3) is 1.00. The van der Waals surface area contributed by atoms with Crippen molar-refractivity contribution in [3.05, 3.63) is 0 Å². The van der Waals surface area contributed by atoms with E-state index >= 15 is 0 Å². The number of aliphatic hydroxyl groups is 1. The van der Waals surface area contributed by atoms with Crippen molar-refractivity contribution in [3.8, 4) is 0 Å². The maximum atomic E-state index is 8.64. The maximum Gasteiger partial charge on any atom is 0.0503 e. The van der Waals surface area contributed by atoms with Crippen LogP contribution < -0.4 is 0 Å². The zero-order chi connectivity index (χ0) is 10.2. The highest BCUT2D eigenvalue weighted by Gasteiger charge is 2.21. The van der Waals surface area contributed by atoms with E-state index in [4.69, 9.17) is 9.84 Å². The van der Waals surface area contributed by atoms with Gasteiger partial charge in [0.2, 0.25) is 0 Å². The van der Waals surface area contributed by atoms with Crippen molar-refractivity contribution in [1.82, 2.24) is 4.90 Å². The molecule has 0 aromatic heterocycles. The lowest BCUT2D eigenvalue weighted by Gasteiger charge is -2.15. The van der Waals surface area contributed by atoms with E-state index in [1.165, 1.54) is 32.5 Å². The summed E-state index contributed by atoms with van der Waals surface area (Å²) in [5.41, 5.74) is 0. The van der Waals surface area contributed by atoms with E-state index in [9.17, 15) is 0 Å². The number of ether oxygens (including phenoxy) is 1. The number of hydrogen-bond donors (Lipinski definition) is 1. The van der Waals surface area contributed by atoms with Crippen LogP contribution >= 0.6 is 0 Å². The molecule has 0 bridgehead atoms. The third-order valence-electron chi connectivity index (χ3n) is 2.90. The summed E-state index contributed by atoms with van der Waals surface area (Å²) >= 11 is 0. The van der Waals surface area contributed by atoms with Gasteiger partial charge in [0.1, 0.15) is 0 Å². The quantitative estimate of drug-likeness (QED) is 0.626. The Kier molecular flexibility index (Phi) is 6.15. The van der Waals surface area contributed by atoms with Crippen molar-refractivity contribution in [1.29, 1.82) is 0 Å². The molecule has 14 heavy (non-hydrogen) atoms. The molecule has 1 rings (SSSR count). The molecule has 0 radical (unpaired) electrons. The number of aliphatic hydroxyl groups excluding tert-OH is 1. The summed E-state index contributed by atoms with van der Waals surface area (Å²) in [4.78, 5) is 2.51. The summed E-state index contributed by atoms with van der Waals surface area (Å²) in [6, 6.07) is 0. The van der Waals surface area contributed by atoms with Gasteiger partial charge in [0.15, 0.2) is 0 Å². The van der Waals surface area contributed by atoms with Crippen molar-refractivity contribution in [2.75, 3.05) is 40.0 Å². The summed E-state index contributed by atoms with van der Waals surface area (Å²) < 4.78 is 5.16. The molecule has 1 atom stereocenters. The molecule has 0 aromatic carbocycles. The highest BCUT2D eigenvalue weighted by molar-refractivity contribution is 4.74. The first-order chi connectivity index (χ1) is 6.86. The summed E-state index contributed by atoms with van der Waals surface area (Å²) in [7, 11) is 1.78. The molecule has 1 aliphatic rings. The molecule has 0 saturated carbocycles. The SMILES string of the molecule is COCC1CCN(CCCCCO)C1. The lowest BCUT2D eigenvalue weighted by molar-refractivity contribution is 0.153. The Labute approximate surface area is 87.1 Å². The molecule has 0 aromatic rings. The van der Waals surface area contributed by atoms with E-state index in [2.05, 4.69) is 4.90 Å². The van der Waals surface area contributed by atoms with Gasteiger partial charge in [-0.25, -0.2) is 0 Å². The third-order valence-corrected chi connectivity index (χ3v) is 2.90. The number of rotatable bonds is 7. The lowest BCUT2D eigenvalue weighted by Crippen LogP contribution is -2.22. The van der Waals surface area contributed by atoms with Crippen molar-refractivity contribution < 1.29 is 9.84 Å². The van der Waals surface area contributed by atoms with Crippen LogP contribution in [0.15, 0.2) is 0 Å². The predicted octanol–water partition coefficient (Wildman–Crippen LogP) is 1.12. The molecule has 3 nitrogen and oxygen atoms in total. The molecule has 1 unspecified atom stereocenters. The van der Waals surface area contributed by atoms with Gasteiger partial charge in [-0.3, -0.25) is 0 Å². The molecule has 3 heteroatoms. The van der Waals surface area contributed by atoms with E-state index < -0.39 is 0 Å². The molecule has 1 aliphatic heterocycles. The van der Waals surface area contributed by atoms with E-state index in [0.29, 0.717) is 6.61 Å². The van der Waals surface area contributed by atoms with Crippen LogP contribution in [0.3, 0.4) is 0 Å². The fourth-order valence-electron chi connectivity index (χ4n) is 2.11. The predicted molar refractivity (Wildman–Crippen MR) is 57.4 cm³/mol. The topological polar surface area (TPSA) is 32.7 Å². The highest BCUT2D eigenvalue weighted by Crippen LogP contribution is 2.16. The normalized spacial score (nSPS) is 23.1.